The van der Waals surface area contributed by atoms with Crippen molar-refractivity contribution >= 4 is 27.5 Å². The Morgan fingerprint density at radius 3 is 2.32 bits per heavy atom. The summed E-state index contributed by atoms with van der Waals surface area (Å²) in [5.41, 5.74) is 3.42. The smallest absolute Gasteiger partial charge is 0.390 e. The Bertz CT molecular complexity index is 1490. The van der Waals surface area contributed by atoms with Gasteiger partial charge in [0.1, 0.15) is 5.75 Å². The molecule has 0 saturated carbocycles. The van der Waals surface area contributed by atoms with Gasteiger partial charge in [0.15, 0.2) is 0 Å². The van der Waals surface area contributed by atoms with Crippen LogP contribution in [-0.2, 0) is 21.2 Å². The normalized spacial score (nSPS) is 14.1. The highest BCUT2D eigenvalue weighted by Gasteiger charge is 2.30. The summed E-state index contributed by atoms with van der Waals surface area (Å²) in [5, 5.41) is 9.78. The van der Waals surface area contributed by atoms with Crippen molar-refractivity contribution in [2.45, 2.75) is 25.4 Å². The van der Waals surface area contributed by atoms with Crippen LogP contribution in [0.25, 0.3) is 11.1 Å². The molecule has 2 aromatic carbocycles. The van der Waals surface area contributed by atoms with E-state index in [0.29, 0.717) is 39.0 Å². The molecule has 1 aliphatic rings. The lowest BCUT2D eigenvalue weighted by atomic mass is 9.97. The number of nitrogens with zero attached hydrogens (tertiary/aromatic N) is 3. The highest BCUT2D eigenvalue weighted by Crippen LogP contribution is 2.27. The number of aromatic nitrogens is 1. The monoisotopic (exact) mass is 590 g/mol. The molecular formula is C28H29F3N4O5S. The average Bonchev–Trinajstić information content (AvgIpc) is 2.95. The molecule has 13 heteroatoms. The number of aromatic hydroxyl groups is 1. The maximum atomic E-state index is 13.0. The summed E-state index contributed by atoms with van der Waals surface area (Å²) < 4.78 is 62.2. The molecule has 1 saturated heterocycles. The fraction of sp³-hybridized carbons (Fsp3) is 0.321. The predicted molar refractivity (Wildman–Crippen MR) is 147 cm³/mol. The van der Waals surface area contributed by atoms with Crippen LogP contribution in [0.15, 0.2) is 67.0 Å². The lowest BCUT2D eigenvalue weighted by molar-refractivity contribution is -0.131. The van der Waals surface area contributed by atoms with Gasteiger partial charge in [-0.2, -0.15) is 13.2 Å². The zero-order chi connectivity index (χ0) is 29.6. The van der Waals surface area contributed by atoms with Crippen LogP contribution in [0, 0.1) is 0 Å². The molecule has 9 nitrogen and oxygen atoms in total. The second-order valence-electron chi connectivity index (χ2n) is 9.62. The molecule has 0 aliphatic carbocycles. The average molecular weight is 591 g/mol. The number of hydrogen-bond acceptors (Lipinski definition) is 7. The molecule has 0 atom stereocenters. The summed E-state index contributed by atoms with van der Waals surface area (Å²) in [6, 6.07) is 15.4. The summed E-state index contributed by atoms with van der Waals surface area (Å²) in [7, 11) is -4.43. The van der Waals surface area contributed by atoms with Crippen LogP contribution in [0.1, 0.15) is 28.8 Å². The summed E-state index contributed by atoms with van der Waals surface area (Å²) in [6.45, 7) is 2.09. The number of hydrogen-bond donors (Lipinski definition) is 2. The second kappa shape index (κ2) is 12.6. The van der Waals surface area contributed by atoms with Gasteiger partial charge in [-0.05, 0) is 47.9 Å². The van der Waals surface area contributed by atoms with E-state index in [-0.39, 0.29) is 17.2 Å². The maximum absolute atomic E-state index is 13.0. The number of rotatable bonds is 9. The first-order chi connectivity index (χ1) is 19.4. The third-order valence-corrected chi connectivity index (χ3v) is 7.93. The van der Waals surface area contributed by atoms with Crippen LogP contribution in [0.5, 0.6) is 5.75 Å². The van der Waals surface area contributed by atoms with Crippen molar-refractivity contribution in [1.82, 2.24) is 14.6 Å². The Morgan fingerprint density at radius 1 is 0.976 bits per heavy atom. The van der Waals surface area contributed by atoms with Crippen molar-refractivity contribution in [3.8, 4) is 16.9 Å². The number of nitrogens with one attached hydrogen (secondary N) is 1. The van der Waals surface area contributed by atoms with Gasteiger partial charge in [-0.3, -0.25) is 14.6 Å². The molecule has 1 aliphatic heterocycles. The lowest BCUT2D eigenvalue weighted by Gasteiger charge is -2.36. The number of amides is 2. The quantitative estimate of drug-likeness (QED) is 0.390. The largest absolute Gasteiger partial charge is 0.506 e. The van der Waals surface area contributed by atoms with E-state index in [2.05, 4.69) is 4.98 Å². The minimum absolute atomic E-state index is 0.0000693. The van der Waals surface area contributed by atoms with E-state index in [1.54, 1.807) is 34.0 Å². The minimum Gasteiger partial charge on any atom is -0.506 e. The zero-order valence-electron chi connectivity index (χ0n) is 22.0. The first kappa shape index (κ1) is 29.8. The standard InChI is InChI=1S/C28H29F3N4O5S/c29-28(30,31)11-16-41(39,40)33-27(38)21-5-8-23(9-6-21)34-12-14-35(15-13-34)26(37)10-7-20-3-1-2-4-25(20)22-17-24(36)19-32-18-22/h1-6,8-9,17-19,36H,7,10-16H2,(H,33,38). The summed E-state index contributed by atoms with van der Waals surface area (Å²) >= 11 is 0. The number of alkyl halides is 3. The first-order valence-electron chi connectivity index (χ1n) is 12.9. The van der Waals surface area contributed by atoms with Crippen molar-refractivity contribution in [3.63, 3.8) is 0 Å². The maximum Gasteiger partial charge on any atom is 0.390 e. The van der Waals surface area contributed by atoms with Gasteiger partial charge in [0.05, 0.1) is 18.4 Å². The Morgan fingerprint density at radius 2 is 1.66 bits per heavy atom. The molecule has 0 spiro atoms. The van der Waals surface area contributed by atoms with Crippen LogP contribution in [0.3, 0.4) is 0 Å². The van der Waals surface area contributed by atoms with Gasteiger partial charge < -0.3 is 14.9 Å². The number of carbonyl (C=O) groups excluding carboxylic acids is 2. The number of anilines is 1. The Kier molecular flexibility index (Phi) is 9.16. The number of carbonyl (C=O) groups is 2. The second-order valence-corrected chi connectivity index (χ2v) is 11.5. The number of piperazine rings is 1. The van der Waals surface area contributed by atoms with E-state index in [1.807, 2.05) is 29.2 Å². The van der Waals surface area contributed by atoms with Crippen LogP contribution in [0.4, 0.5) is 18.9 Å². The van der Waals surface area contributed by atoms with Crippen LogP contribution >= 0.6 is 0 Å². The Labute approximate surface area is 235 Å². The highest BCUT2D eigenvalue weighted by atomic mass is 32.2. The van der Waals surface area contributed by atoms with Gasteiger partial charge in [0, 0.05) is 55.6 Å². The molecule has 2 amide bonds. The van der Waals surface area contributed by atoms with E-state index >= 15 is 0 Å². The minimum atomic E-state index is -4.65. The molecule has 41 heavy (non-hydrogen) atoms. The Hall–Kier alpha value is -4.13. The number of halogens is 3. The lowest BCUT2D eigenvalue weighted by Crippen LogP contribution is -2.48. The van der Waals surface area contributed by atoms with E-state index in [1.165, 1.54) is 18.3 Å². The molecule has 218 valence electrons. The number of sulfonamides is 1. The SMILES string of the molecule is O=C(NS(=O)(=O)CCC(F)(F)F)c1ccc(N2CCN(C(=O)CCc3ccccc3-c3cncc(O)c3)CC2)cc1. The summed E-state index contributed by atoms with van der Waals surface area (Å²) in [5.74, 6) is -2.15. The van der Waals surface area contributed by atoms with Crippen LogP contribution in [0.2, 0.25) is 0 Å². The van der Waals surface area contributed by atoms with E-state index in [4.69, 9.17) is 0 Å². The molecule has 2 N–H and O–H groups in total. The van der Waals surface area contributed by atoms with Crippen molar-refractivity contribution < 1.29 is 36.3 Å². The van der Waals surface area contributed by atoms with Gasteiger partial charge in [0.25, 0.3) is 5.91 Å². The first-order valence-corrected chi connectivity index (χ1v) is 14.5. The number of benzene rings is 2. The van der Waals surface area contributed by atoms with Gasteiger partial charge in [0.2, 0.25) is 15.9 Å². The number of aryl methyl sites for hydroxylation is 1. The highest BCUT2D eigenvalue weighted by molar-refractivity contribution is 7.90. The molecular weight excluding hydrogens is 561 g/mol. The topological polar surface area (TPSA) is 120 Å². The molecule has 2 heterocycles. The van der Waals surface area contributed by atoms with Gasteiger partial charge in [-0.15, -0.1) is 0 Å². The van der Waals surface area contributed by atoms with E-state index in [0.717, 1.165) is 22.4 Å². The zero-order valence-corrected chi connectivity index (χ0v) is 22.8. The molecule has 4 rings (SSSR count). The summed E-state index contributed by atoms with van der Waals surface area (Å²) in [6.07, 6.45) is -2.32. The predicted octanol–water partition coefficient (Wildman–Crippen LogP) is 3.75. The molecule has 0 unspecified atom stereocenters. The van der Waals surface area contributed by atoms with Crippen molar-refractivity contribution in [1.29, 1.82) is 0 Å². The van der Waals surface area contributed by atoms with Gasteiger partial charge in [-0.1, -0.05) is 24.3 Å². The molecule has 1 fully saturated rings. The fourth-order valence-electron chi connectivity index (χ4n) is 4.53. The van der Waals surface area contributed by atoms with E-state index < -0.39 is 34.3 Å². The molecule has 3 aromatic rings. The third kappa shape index (κ3) is 8.43. The van der Waals surface area contributed by atoms with Gasteiger partial charge >= 0.3 is 6.18 Å². The van der Waals surface area contributed by atoms with Gasteiger partial charge in [-0.25, -0.2) is 13.1 Å². The third-order valence-electron chi connectivity index (χ3n) is 6.69. The van der Waals surface area contributed by atoms with Crippen molar-refractivity contribution in [3.05, 3.63) is 78.1 Å². The van der Waals surface area contributed by atoms with Crippen molar-refractivity contribution in [2.24, 2.45) is 0 Å². The summed E-state index contributed by atoms with van der Waals surface area (Å²) in [4.78, 5) is 33.0. The van der Waals surface area contributed by atoms with Crippen LogP contribution in [-0.4, -0.2) is 73.3 Å². The van der Waals surface area contributed by atoms with Crippen molar-refractivity contribution in [2.75, 3.05) is 36.8 Å². The molecule has 0 bridgehead atoms. The molecule has 0 radical (unpaired) electrons. The molecule has 1 aromatic heterocycles. The number of pyridine rings is 1. The Balaban J connectivity index is 1.28. The van der Waals surface area contributed by atoms with E-state index in [9.17, 15) is 36.3 Å². The van der Waals surface area contributed by atoms with Crippen LogP contribution < -0.4 is 9.62 Å². The fourth-order valence-corrected chi connectivity index (χ4v) is 5.54.